The third kappa shape index (κ3) is 3.62. The fourth-order valence-electron chi connectivity index (χ4n) is 2.82. The maximum Gasteiger partial charge on any atom is 0.187 e. The lowest BCUT2D eigenvalue weighted by molar-refractivity contribution is -0.115. The zero-order valence-corrected chi connectivity index (χ0v) is 13.5. The van der Waals surface area contributed by atoms with Gasteiger partial charge in [-0.3, -0.25) is 9.59 Å². The molecule has 116 valence electrons. The second-order valence-corrected chi connectivity index (χ2v) is 5.79. The molecule has 0 N–H and O–H groups in total. The summed E-state index contributed by atoms with van der Waals surface area (Å²) in [6.07, 6.45) is 6.89. The molecule has 0 fully saturated rings. The van der Waals surface area contributed by atoms with E-state index in [-0.39, 0.29) is 11.6 Å². The van der Waals surface area contributed by atoms with E-state index in [9.17, 15) is 9.59 Å². The van der Waals surface area contributed by atoms with E-state index in [0.717, 1.165) is 31.2 Å². The van der Waals surface area contributed by atoms with Crippen molar-refractivity contribution in [3.8, 4) is 0 Å². The molecule has 0 saturated carbocycles. The molecule has 0 heterocycles. The summed E-state index contributed by atoms with van der Waals surface area (Å²) in [6, 6.07) is 9.57. The quantitative estimate of drug-likeness (QED) is 0.671. The molecule has 0 atom stereocenters. The van der Waals surface area contributed by atoms with E-state index in [0.29, 0.717) is 29.6 Å². The number of benzene rings is 1. The molecule has 2 heteroatoms. The van der Waals surface area contributed by atoms with E-state index in [1.807, 2.05) is 30.3 Å². The van der Waals surface area contributed by atoms with Crippen LogP contribution in [-0.4, -0.2) is 11.6 Å². The van der Waals surface area contributed by atoms with Gasteiger partial charge in [-0.2, -0.15) is 0 Å². The van der Waals surface area contributed by atoms with Crippen molar-refractivity contribution in [2.24, 2.45) is 0 Å². The lowest BCUT2D eigenvalue weighted by atomic mass is 9.82. The minimum atomic E-state index is -0.0111. The number of carbonyl (C=O) groups excluding carboxylic acids is 2. The summed E-state index contributed by atoms with van der Waals surface area (Å²) in [6.45, 7) is 4.20. The molecule has 0 radical (unpaired) electrons. The predicted molar refractivity (Wildman–Crippen MR) is 90.5 cm³/mol. The lowest BCUT2D eigenvalue weighted by Crippen LogP contribution is -2.19. The van der Waals surface area contributed by atoms with Crippen molar-refractivity contribution < 1.29 is 9.59 Å². The van der Waals surface area contributed by atoms with Gasteiger partial charge < -0.3 is 0 Å². The van der Waals surface area contributed by atoms with E-state index < -0.39 is 0 Å². The Kier molecular flexibility index (Phi) is 5.88. The molecule has 0 aromatic heterocycles. The number of ketones is 2. The molecule has 0 amide bonds. The van der Waals surface area contributed by atoms with Crippen molar-refractivity contribution in [1.82, 2.24) is 0 Å². The van der Waals surface area contributed by atoms with Gasteiger partial charge in [0.1, 0.15) is 0 Å². The lowest BCUT2D eigenvalue weighted by Gasteiger charge is -2.19. The molecular weight excluding hydrogens is 272 g/mol. The maximum absolute atomic E-state index is 12.8. The van der Waals surface area contributed by atoms with Crippen molar-refractivity contribution in [2.75, 3.05) is 0 Å². The van der Waals surface area contributed by atoms with Crippen LogP contribution in [0.5, 0.6) is 0 Å². The SMILES string of the molecule is CCCCC1=CC(=O)C(c2ccccc2)=C(CCCC)C1=O. The van der Waals surface area contributed by atoms with Gasteiger partial charge >= 0.3 is 0 Å². The average Bonchev–Trinajstić information content (AvgIpc) is 2.54. The monoisotopic (exact) mass is 296 g/mol. The van der Waals surface area contributed by atoms with Crippen molar-refractivity contribution in [2.45, 2.75) is 52.4 Å². The second kappa shape index (κ2) is 7.88. The van der Waals surface area contributed by atoms with Crippen LogP contribution in [-0.2, 0) is 9.59 Å². The Labute approximate surface area is 132 Å². The van der Waals surface area contributed by atoms with Gasteiger partial charge in [-0.25, -0.2) is 0 Å². The molecule has 0 spiro atoms. The van der Waals surface area contributed by atoms with Crippen molar-refractivity contribution in [3.63, 3.8) is 0 Å². The standard InChI is InChI=1S/C20H24O2/c1-3-5-10-16-14-18(21)19(15-11-8-7-9-12-15)17(20(16)22)13-6-4-2/h7-9,11-12,14H,3-6,10,13H2,1-2H3. The Hall–Kier alpha value is -1.96. The van der Waals surface area contributed by atoms with Gasteiger partial charge in [0.25, 0.3) is 0 Å². The topological polar surface area (TPSA) is 34.1 Å². The molecule has 2 nitrogen and oxygen atoms in total. The highest BCUT2D eigenvalue weighted by molar-refractivity contribution is 6.37. The Morgan fingerprint density at radius 3 is 2.14 bits per heavy atom. The number of carbonyl (C=O) groups is 2. The van der Waals surface area contributed by atoms with Gasteiger partial charge in [-0.15, -0.1) is 0 Å². The number of hydrogen-bond donors (Lipinski definition) is 0. The smallest absolute Gasteiger partial charge is 0.187 e. The van der Waals surface area contributed by atoms with Crippen molar-refractivity contribution in [1.29, 1.82) is 0 Å². The number of Topliss-reactive ketones (excluding diaryl/α,β-unsaturated/α-hetero) is 1. The van der Waals surface area contributed by atoms with Gasteiger partial charge in [0, 0.05) is 16.7 Å². The summed E-state index contributed by atoms with van der Waals surface area (Å²) in [7, 11) is 0. The first kappa shape index (κ1) is 16.4. The largest absolute Gasteiger partial charge is 0.289 e. The number of allylic oxidation sites excluding steroid dienone is 4. The second-order valence-electron chi connectivity index (χ2n) is 5.79. The minimum Gasteiger partial charge on any atom is -0.289 e. The average molecular weight is 296 g/mol. The fourth-order valence-corrected chi connectivity index (χ4v) is 2.82. The Balaban J connectivity index is 2.41. The maximum atomic E-state index is 12.8. The van der Waals surface area contributed by atoms with Crippen LogP contribution in [0.25, 0.3) is 5.57 Å². The molecular formula is C20H24O2. The van der Waals surface area contributed by atoms with Crippen LogP contribution in [0.4, 0.5) is 0 Å². The zero-order valence-electron chi connectivity index (χ0n) is 13.5. The summed E-state index contributed by atoms with van der Waals surface area (Å²) >= 11 is 0. The molecule has 0 aliphatic heterocycles. The summed E-state index contributed by atoms with van der Waals surface area (Å²) in [5.74, 6) is 0.0726. The highest BCUT2D eigenvalue weighted by Crippen LogP contribution is 2.32. The van der Waals surface area contributed by atoms with Crippen LogP contribution in [0.15, 0.2) is 47.6 Å². The van der Waals surface area contributed by atoms with Gasteiger partial charge in [-0.05, 0) is 37.3 Å². The van der Waals surface area contributed by atoms with Crippen LogP contribution in [0.1, 0.15) is 57.9 Å². The van der Waals surface area contributed by atoms with Gasteiger partial charge in [0.05, 0.1) is 0 Å². The first-order valence-electron chi connectivity index (χ1n) is 8.27. The molecule has 22 heavy (non-hydrogen) atoms. The molecule has 2 rings (SSSR count). The van der Waals surface area contributed by atoms with Crippen LogP contribution >= 0.6 is 0 Å². The predicted octanol–water partition coefficient (Wildman–Crippen LogP) is 4.90. The van der Waals surface area contributed by atoms with Gasteiger partial charge in [0.2, 0.25) is 0 Å². The van der Waals surface area contributed by atoms with E-state index in [1.54, 1.807) is 6.08 Å². The van der Waals surface area contributed by atoms with Crippen LogP contribution in [0.3, 0.4) is 0 Å². The van der Waals surface area contributed by atoms with E-state index in [2.05, 4.69) is 13.8 Å². The van der Waals surface area contributed by atoms with Crippen LogP contribution in [0.2, 0.25) is 0 Å². The number of unbranched alkanes of at least 4 members (excludes halogenated alkanes) is 2. The molecule has 0 bridgehead atoms. The highest BCUT2D eigenvalue weighted by Gasteiger charge is 2.28. The molecule has 0 unspecified atom stereocenters. The zero-order chi connectivity index (χ0) is 15.9. The Morgan fingerprint density at radius 2 is 1.50 bits per heavy atom. The molecule has 1 aliphatic carbocycles. The van der Waals surface area contributed by atoms with E-state index >= 15 is 0 Å². The Morgan fingerprint density at radius 1 is 0.864 bits per heavy atom. The van der Waals surface area contributed by atoms with Crippen molar-refractivity contribution >= 4 is 17.1 Å². The normalized spacial score (nSPS) is 15.3. The summed E-state index contributed by atoms with van der Waals surface area (Å²) in [4.78, 5) is 25.4. The van der Waals surface area contributed by atoms with Crippen LogP contribution in [0, 0.1) is 0 Å². The number of rotatable bonds is 7. The van der Waals surface area contributed by atoms with Crippen LogP contribution < -0.4 is 0 Å². The first-order chi connectivity index (χ1) is 10.7. The van der Waals surface area contributed by atoms with E-state index in [1.165, 1.54) is 0 Å². The molecule has 1 aromatic rings. The summed E-state index contributed by atoms with van der Waals surface area (Å²) in [5.41, 5.74) is 2.88. The Bertz CT molecular complexity index is 606. The minimum absolute atomic E-state index is 0.0111. The molecule has 1 aromatic carbocycles. The van der Waals surface area contributed by atoms with Crippen molar-refractivity contribution in [3.05, 3.63) is 53.1 Å². The first-order valence-corrected chi connectivity index (χ1v) is 8.27. The summed E-state index contributed by atoms with van der Waals surface area (Å²) in [5, 5.41) is 0. The van der Waals surface area contributed by atoms with Gasteiger partial charge in [0.15, 0.2) is 11.6 Å². The van der Waals surface area contributed by atoms with Gasteiger partial charge in [-0.1, -0.05) is 57.0 Å². The third-order valence-electron chi connectivity index (χ3n) is 4.06. The fraction of sp³-hybridized carbons (Fsp3) is 0.400. The summed E-state index contributed by atoms with van der Waals surface area (Å²) < 4.78 is 0. The number of hydrogen-bond acceptors (Lipinski definition) is 2. The third-order valence-corrected chi connectivity index (χ3v) is 4.06. The molecule has 0 saturated heterocycles. The van der Waals surface area contributed by atoms with E-state index in [4.69, 9.17) is 0 Å². The molecule has 1 aliphatic rings. The highest BCUT2D eigenvalue weighted by atomic mass is 16.1.